The number of aromatic nitrogens is 2. The molecule has 0 saturated carbocycles. The molecule has 0 radical (unpaired) electrons. The summed E-state index contributed by atoms with van der Waals surface area (Å²) in [5.74, 6) is 1.67. The van der Waals surface area contributed by atoms with Crippen molar-refractivity contribution in [2.75, 3.05) is 19.4 Å². The van der Waals surface area contributed by atoms with Crippen molar-refractivity contribution >= 4 is 44.6 Å². The molecule has 132 valence electrons. The molecule has 0 N–H and O–H groups in total. The van der Waals surface area contributed by atoms with Crippen LogP contribution in [0.25, 0.3) is 11.0 Å². The van der Waals surface area contributed by atoms with Gasteiger partial charge in [-0.15, -0.1) is 11.8 Å². The number of amides is 1. The van der Waals surface area contributed by atoms with E-state index >= 15 is 0 Å². The standard InChI is InChI=1S/C19H16BrN3O2S/c1-25-17-5-3-13(20)11-14(17)19-23(8-9-26-19)18(24)12-2-4-15-16(10-12)22-7-6-21-15/h2-7,10-11,19H,8-9H2,1H3. The van der Waals surface area contributed by atoms with E-state index in [4.69, 9.17) is 4.74 Å². The van der Waals surface area contributed by atoms with Crippen molar-refractivity contribution in [2.45, 2.75) is 5.37 Å². The van der Waals surface area contributed by atoms with E-state index in [1.54, 1.807) is 31.3 Å². The normalized spacial score (nSPS) is 16.8. The molecule has 0 spiro atoms. The van der Waals surface area contributed by atoms with Crippen molar-refractivity contribution in [3.05, 3.63) is 64.4 Å². The summed E-state index contributed by atoms with van der Waals surface area (Å²) < 4.78 is 6.48. The molecule has 5 nitrogen and oxygen atoms in total. The number of carbonyl (C=O) groups is 1. The van der Waals surface area contributed by atoms with Crippen LogP contribution in [0.4, 0.5) is 0 Å². The second-order valence-electron chi connectivity index (χ2n) is 5.87. The van der Waals surface area contributed by atoms with E-state index in [1.165, 1.54) is 0 Å². The third kappa shape index (κ3) is 3.17. The monoisotopic (exact) mass is 429 g/mol. The summed E-state index contributed by atoms with van der Waals surface area (Å²) in [6.45, 7) is 0.697. The summed E-state index contributed by atoms with van der Waals surface area (Å²) in [5.41, 5.74) is 3.13. The molecule has 1 fully saturated rings. The van der Waals surface area contributed by atoms with Crippen LogP contribution in [0.15, 0.2) is 53.3 Å². The molecule has 1 saturated heterocycles. The minimum absolute atomic E-state index is 0.00502. The first-order valence-electron chi connectivity index (χ1n) is 8.14. The van der Waals surface area contributed by atoms with Gasteiger partial charge in [-0.25, -0.2) is 0 Å². The van der Waals surface area contributed by atoms with Crippen LogP contribution in [0.2, 0.25) is 0 Å². The molecule has 2 heterocycles. The number of benzene rings is 2. The predicted octanol–water partition coefficient (Wildman–Crippen LogP) is 4.29. The van der Waals surface area contributed by atoms with Crippen molar-refractivity contribution in [2.24, 2.45) is 0 Å². The van der Waals surface area contributed by atoms with Crippen LogP contribution in [-0.4, -0.2) is 40.2 Å². The SMILES string of the molecule is COc1ccc(Br)cc1C1SCCN1C(=O)c1ccc2nccnc2c1. The molecule has 1 amide bonds. The Hall–Kier alpha value is -2.12. The van der Waals surface area contributed by atoms with Crippen LogP contribution in [0.5, 0.6) is 5.75 Å². The van der Waals surface area contributed by atoms with Gasteiger partial charge in [0, 0.05) is 40.3 Å². The molecular formula is C19H16BrN3O2S. The highest BCUT2D eigenvalue weighted by Crippen LogP contribution is 2.43. The van der Waals surface area contributed by atoms with Gasteiger partial charge >= 0.3 is 0 Å². The van der Waals surface area contributed by atoms with Crippen LogP contribution in [0, 0.1) is 0 Å². The zero-order valence-electron chi connectivity index (χ0n) is 14.1. The first-order chi connectivity index (χ1) is 12.7. The molecule has 1 unspecified atom stereocenters. The average molecular weight is 430 g/mol. The largest absolute Gasteiger partial charge is 0.496 e. The van der Waals surface area contributed by atoms with Crippen LogP contribution < -0.4 is 4.74 Å². The third-order valence-corrected chi connectivity index (χ3v) is 6.06. The highest BCUT2D eigenvalue weighted by molar-refractivity contribution is 9.10. The smallest absolute Gasteiger partial charge is 0.255 e. The van der Waals surface area contributed by atoms with Gasteiger partial charge in [-0.2, -0.15) is 0 Å². The summed E-state index contributed by atoms with van der Waals surface area (Å²) in [4.78, 5) is 23.6. The fourth-order valence-corrected chi connectivity index (χ4v) is 4.74. The number of methoxy groups -OCH3 is 1. The highest BCUT2D eigenvalue weighted by Gasteiger charge is 2.33. The van der Waals surface area contributed by atoms with E-state index in [1.807, 2.05) is 41.3 Å². The van der Waals surface area contributed by atoms with E-state index in [9.17, 15) is 4.79 Å². The van der Waals surface area contributed by atoms with Gasteiger partial charge in [-0.3, -0.25) is 14.8 Å². The van der Waals surface area contributed by atoms with Crippen molar-refractivity contribution < 1.29 is 9.53 Å². The Bertz CT molecular complexity index is 982. The molecule has 2 aromatic carbocycles. The molecule has 26 heavy (non-hydrogen) atoms. The number of hydrogen-bond donors (Lipinski definition) is 0. The second-order valence-corrected chi connectivity index (χ2v) is 7.97. The molecular weight excluding hydrogens is 414 g/mol. The predicted molar refractivity (Wildman–Crippen MR) is 106 cm³/mol. The number of hydrogen-bond acceptors (Lipinski definition) is 5. The number of fused-ring (bicyclic) bond motifs is 1. The Morgan fingerprint density at radius 1 is 1.19 bits per heavy atom. The molecule has 0 bridgehead atoms. The van der Waals surface area contributed by atoms with Gasteiger partial charge in [0.1, 0.15) is 11.1 Å². The van der Waals surface area contributed by atoms with E-state index in [2.05, 4.69) is 25.9 Å². The fourth-order valence-electron chi connectivity index (χ4n) is 3.10. The van der Waals surface area contributed by atoms with Crippen LogP contribution in [-0.2, 0) is 0 Å². The summed E-state index contributed by atoms with van der Waals surface area (Å²) in [6, 6.07) is 11.4. The summed E-state index contributed by atoms with van der Waals surface area (Å²) in [5, 5.41) is -0.0764. The minimum atomic E-state index is -0.0764. The zero-order chi connectivity index (χ0) is 18.1. The average Bonchev–Trinajstić information content (AvgIpc) is 3.16. The number of ether oxygens (including phenoxy) is 1. The molecule has 0 aliphatic carbocycles. The summed E-state index contributed by atoms with van der Waals surface area (Å²) in [6.07, 6.45) is 3.29. The maximum atomic E-state index is 13.2. The van der Waals surface area contributed by atoms with Crippen molar-refractivity contribution in [1.29, 1.82) is 0 Å². The molecule has 1 atom stereocenters. The lowest BCUT2D eigenvalue weighted by atomic mass is 10.1. The van der Waals surface area contributed by atoms with Gasteiger partial charge < -0.3 is 9.64 Å². The number of carbonyl (C=O) groups excluding carboxylic acids is 1. The molecule has 1 aliphatic heterocycles. The second kappa shape index (κ2) is 7.25. The van der Waals surface area contributed by atoms with Gasteiger partial charge in [0.15, 0.2) is 0 Å². The van der Waals surface area contributed by atoms with E-state index in [0.29, 0.717) is 12.1 Å². The topological polar surface area (TPSA) is 55.3 Å². The molecule has 3 aromatic rings. The zero-order valence-corrected chi connectivity index (χ0v) is 16.5. The highest BCUT2D eigenvalue weighted by atomic mass is 79.9. The molecule has 1 aromatic heterocycles. The van der Waals surface area contributed by atoms with Crippen molar-refractivity contribution in [1.82, 2.24) is 14.9 Å². The summed E-state index contributed by atoms with van der Waals surface area (Å²) >= 11 is 5.26. The molecule has 4 rings (SSSR count). The van der Waals surface area contributed by atoms with Gasteiger partial charge in [-0.05, 0) is 36.4 Å². The van der Waals surface area contributed by atoms with Crippen LogP contribution >= 0.6 is 27.7 Å². The Labute approximate surface area is 163 Å². The van der Waals surface area contributed by atoms with Gasteiger partial charge in [0.05, 0.1) is 18.1 Å². The van der Waals surface area contributed by atoms with E-state index < -0.39 is 0 Å². The Morgan fingerprint density at radius 3 is 2.81 bits per heavy atom. The Balaban J connectivity index is 1.69. The number of nitrogens with zero attached hydrogens (tertiary/aromatic N) is 3. The van der Waals surface area contributed by atoms with E-state index in [-0.39, 0.29) is 11.3 Å². The van der Waals surface area contributed by atoms with Crippen molar-refractivity contribution in [3.63, 3.8) is 0 Å². The minimum Gasteiger partial charge on any atom is -0.496 e. The fraction of sp³-hybridized carbons (Fsp3) is 0.211. The third-order valence-electron chi connectivity index (χ3n) is 4.33. The Kier molecular flexibility index (Phi) is 4.82. The summed E-state index contributed by atoms with van der Waals surface area (Å²) in [7, 11) is 1.65. The first-order valence-corrected chi connectivity index (χ1v) is 9.98. The maximum absolute atomic E-state index is 13.2. The number of halogens is 1. The molecule has 1 aliphatic rings. The maximum Gasteiger partial charge on any atom is 0.255 e. The van der Waals surface area contributed by atoms with Gasteiger partial charge in [0.2, 0.25) is 0 Å². The lowest BCUT2D eigenvalue weighted by Crippen LogP contribution is -2.30. The number of thioether (sulfide) groups is 1. The van der Waals surface area contributed by atoms with Crippen LogP contribution in [0.1, 0.15) is 21.3 Å². The Morgan fingerprint density at radius 2 is 2.00 bits per heavy atom. The van der Waals surface area contributed by atoms with Gasteiger partial charge in [0.25, 0.3) is 5.91 Å². The molecule has 7 heteroatoms. The number of rotatable bonds is 3. The van der Waals surface area contributed by atoms with Crippen LogP contribution in [0.3, 0.4) is 0 Å². The lowest BCUT2D eigenvalue weighted by molar-refractivity contribution is 0.0759. The quantitative estimate of drug-likeness (QED) is 0.621. The van der Waals surface area contributed by atoms with Crippen molar-refractivity contribution in [3.8, 4) is 5.75 Å². The van der Waals surface area contributed by atoms with E-state index in [0.717, 1.165) is 32.6 Å². The van der Waals surface area contributed by atoms with Gasteiger partial charge in [-0.1, -0.05) is 15.9 Å². The first kappa shape index (κ1) is 17.3. The lowest BCUT2D eigenvalue weighted by Gasteiger charge is -2.25.